The van der Waals surface area contributed by atoms with E-state index >= 15 is 0 Å². The Morgan fingerprint density at radius 2 is 0.765 bits per heavy atom. The van der Waals surface area contributed by atoms with Crippen LogP contribution in [0.25, 0.3) is 149 Å². The van der Waals surface area contributed by atoms with E-state index < -0.39 is 0 Å². The molecule has 3 aromatic heterocycles. The van der Waals surface area contributed by atoms with Crippen molar-refractivity contribution in [1.82, 2.24) is 0 Å². The minimum atomic E-state index is 0.852. The Balaban J connectivity index is 0.961. The molecule has 0 spiro atoms. The smallest absolute Gasteiger partial charge is 0.143 e. The maximum absolute atomic E-state index is 7.00. The summed E-state index contributed by atoms with van der Waals surface area (Å²) in [5, 5.41) is 13.7. The lowest BCUT2D eigenvalue weighted by Gasteiger charge is -2.20. The van der Waals surface area contributed by atoms with Gasteiger partial charge in [-0.05, 0) is 138 Å². The number of allylic oxidation sites excluding steroid dienone is 2. The fraction of sp³-hybridized carbons (Fsp3) is 0.0154. The summed E-state index contributed by atoms with van der Waals surface area (Å²) in [6.07, 6.45) is 6.07. The van der Waals surface area contributed by atoms with Gasteiger partial charge >= 0.3 is 0 Å². The predicted molar refractivity (Wildman–Crippen MR) is 287 cm³/mol. The first kappa shape index (κ1) is 38.4. The van der Waals surface area contributed by atoms with E-state index in [0.29, 0.717) is 0 Å². The van der Waals surface area contributed by atoms with Crippen molar-refractivity contribution in [2.24, 2.45) is 0 Å². The van der Waals surface area contributed by atoms with Crippen molar-refractivity contribution in [2.75, 3.05) is 0 Å². The highest BCUT2D eigenvalue weighted by molar-refractivity contribution is 6.23. The molecular weight excluding hydrogens is 829 g/mol. The third-order valence-corrected chi connectivity index (χ3v) is 14.2. The molecular formula is C65H40O3. The van der Waals surface area contributed by atoms with Gasteiger partial charge in [-0.15, -0.1) is 0 Å². The molecule has 3 nitrogen and oxygen atoms in total. The lowest BCUT2D eigenvalue weighted by Crippen LogP contribution is -1.96. The largest absolute Gasteiger partial charge is 0.456 e. The summed E-state index contributed by atoms with van der Waals surface area (Å²) in [6, 6.07) is 69.5. The maximum Gasteiger partial charge on any atom is 0.143 e. The number of fused-ring (bicyclic) bond motifs is 12. The first-order valence-electron chi connectivity index (χ1n) is 23.2. The Kier molecular flexibility index (Phi) is 8.35. The number of rotatable bonds is 6. The molecule has 0 amide bonds. The van der Waals surface area contributed by atoms with Crippen LogP contribution in [0.5, 0.6) is 0 Å². The molecule has 14 rings (SSSR count). The van der Waals surface area contributed by atoms with Gasteiger partial charge in [0.25, 0.3) is 0 Å². The zero-order chi connectivity index (χ0) is 45.0. The van der Waals surface area contributed by atoms with E-state index in [0.717, 1.165) is 121 Å². The molecule has 68 heavy (non-hydrogen) atoms. The second-order valence-corrected chi connectivity index (χ2v) is 17.9. The van der Waals surface area contributed by atoms with E-state index in [9.17, 15) is 0 Å². The lowest BCUT2D eigenvalue weighted by molar-refractivity contribution is 0.668. The molecule has 0 atom stereocenters. The van der Waals surface area contributed by atoms with Crippen LogP contribution in [0, 0.1) is 6.92 Å². The topological polar surface area (TPSA) is 39.4 Å². The molecule has 3 heteroatoms. The normalized spacial score (nSPS) is 12.2. The van der Waals surface area contributed by atoms with E-state index in [1.807, 2.05) is 36.4 Å². The van der Waals surface area contributed by atoms with Crippen LogP contribution in [-0.2, 0) is 0 Å². The van der Waals surface area contributed by atoms with Crippen LogP contribution in [0.2, 0.25) is 0 Å². The summed E-state index contributed by atoms with van der Waals surface area (Å²) in [7, 11) is 0. The Labute approximate surface area is 391 Å². The van der Waals surface area contributed by atoms with Crippen LogP contribution < -0.4 is 0 Å². The SMILES string of the molecule is C=C/C=C\c1c(C)c(-c2cccc3c2oc2ccc(-c4c5ccccc5c(-c5ccc6c(c5)oc5ccccc56)c5ccccc45)cc23)c2ccccc2c1-c1ccc2c(c1)oc1ccccc12. The summed E-state index contributed by atoms with van der Waals surface area (Å²) in [4.78, 5) is 0. The fourth-order valence-corrected chi connectivity index (χ4v) is 11.3. The zero-order valence-electron chi connectivity index (χ0n) is 37.1. The minimum absolute atomic E-state index is 0.852. The molecule has 0 saturated carbocycles. The number of hydrogen-bond donors (Lipinski definition) is 0. The quantitative estimate of drug-likeness (QED) is 0.123. The van der Waals surface area contributed by atoms with E-state index in [1.54, 1.807) is 0 Å². The number of furan rings is 3. The summed E-state index contributed by atoms with van der Waals surface area (Å²) in [5.74, 6) is 0. The van der Waals surface area contributed by atoms with Gasteiger partial charge in [0.05, 0.1) is 0 Å². The average molecular weight is 869 g/mol. The molecule has 0 fully saturated rings. The van der Waals surface area contributed by atoms with Gasteiger partial charge in [-0.25, -0.2) is 0 Å². The number of para-hydroxylation sites is 3. The molecule has 14 aromatic rings. The molecule has 3 heterocycles. The van der Waals surface area contributed by atoms with E-state index in [1.165, 1.54) is 32.7 Å². The molecule has 0 aliphatic heterocycles. The second kappa shape index (κ2) is 14.8. The molecule has 0 aliphatic carbocycles. The highest BCUT2D eigenvalue weighted by Gasteiger charge is 2.24. The third-order valence-electron chi connectivity index (χ3n) is 14.2. The van der Waals surface area contributed by atoms with Gasteiger partial charge in [0.1, 0.15) is 33.5 Å². The lowest BCUT2D eigenvalue weighted by atomic mass is 9.83. The Bertz CT molecular complexity index is 4420. The Morgan fingerprint density at radius 1 is 0.338 bits per heavy atom. The molecule has 0 bridgehead atoms. The Morgan fingerprint density at radius 3 is 1.32 bits per heavy atom. The first-order chi connectivity index (χ1) is 33.6. The van der Waals surface area contributed by atoms with Crippen LogP contribution >= 0.6 is 0 Å². The van der Waals surface area contributed by atoms with Crippen LogP contribution in [0.1, 0.15) is 11.1 Å². The monoisotopic (exact) mass is 868 g/mol. The molecule has 0 unspecified atom stereocenters. The minimum Gasteiger partial charge on any atom is -0.456 e. The average Bonchev–Trinajstić information content (AvgIpc) is 4.08. The molecule has 0 N–H and O–H groups in total. The van der Waals surface area contributed by atoms with Gasteiger partial charge in [0, 0.05) is 37.9 Å². The molecule has 318 valence electrons. The summed E-state index contributed by atoms with van der Waals surface area (Å²) >= 11 is 0. The standard InChI is InChI=1S/C65H40O3/c1-3-4-16-42-38(2)61(47-19-5-6-20-48(47)62(42)40-29-32-45-43-17-11-13-27-56(43)66-59(45)36-40)54-26-15-25-53-55-35-39(31-34-58(55)68-65(53)54)63-49-21-7-9-23-51(49)64(52-24-10-8-22-50(52)63)41-30-33-46-44-18-12-14-28-57(44)67-60(46)37-41/h3-37H,1H2,2H3/b16-4-. The van der Waals surface area contributed by atoms with E-state index in [-0.39, 0.29) is 0 Å². The van der Waals surface area contributed by atoms with Gasteiger partial charge in [0.2, 0.25) is 0 Å². The summed E-state index contributed by atoms with van der Waals surface area (Å²) in [6.45, 7) is 6.30. The highest BCUT2D eigenvalue weighted by Crippen LogP contribution is 2.49. The first-order valence-corrected chi connectivity index (χ1v) is 23.2. The summed E-state index contributed by atoms with van der Waals surface area (Å²) < 4.78 is 19.8. The van der Waals surface area contributed by atoms with Gasteiger partial charge in [-0.3, -0.25) is 0 Å². The van der Waals surface area contributed by atoms with Crippen molar-refractivity contribution in [3.63, 3.8) is 0 Å². The zero-order valence-corrected chi connectivity index (χ0v) is 37.1. The molecule has 0 saturated heterocycles. The van der Waals surface area contributed by atoms with Crippen LogP contribution in [0.3, 0.4) is 0 Å². The van der Waals surface area contributed by atoms with Crippen molar-refractivity contribution < 1.29 is 13.3 Å². The highest BCUT2D eigenvalue weighted by atomic mass is 16.3. The van der Waals surface area contributed by atoms with Crippen LogP contribution in [0.15, 0.2) is 226 Å². The van der Waals surface area contributed by atoms with E-state index in [4.69, 9.17) is 13.3 Å². The van der Waals surface area contributed by atoms with Gasteiger partial charge < -0.3 is 13.3 Å². The Hall–Kier alpha value is -8.92. The fourth-order valence-electron chi connectivity index (χ4n) is 11.3. The van der Waals surface area contributed by atoms with Crippen LogP contribution in [0.4, 0.5) is 0 Å². The van der Waals surface area contributed by atoms with Gasteiger partial charge in [-0.1, -0.05) is 170 Å². The number of hydrogen-bond acceptors (Lipinski definition) is 3. The van der Waals surface area contributed by atoms with Crippen molar-refractivity contribution in [3.8, 4) is 44.5 Å². The predicted octanol–water partition coefficient (Wildman–Crippen LogP) is 19.0. The van der Waals surface area contributed by atoms with Crippen molar-refractivity contribution >= 4 is 104 Å². The molecule has 0 radical (unpaired) electrons. The van der Waals surface area contributed by atoms with Crippen molar-refractivity contribution in [2.45, 2.75) is 6.92 Å². The third kappa shape index (κ3) is 5.60. The van der Waals surface area contributed by atoms with Crippen molar-refractivity contribution in [1.29, 1.82) is 0 Å². The molecule has 0 aliphatic rings. The second-order valence-electron chi connectivity index (χ2n) is 17.9. The van der Waals surface area contributed by atoms with E-state index in [2.05, 4.69) is 189 Å². The van der Waals surface area contributed by atoms with Crippen LogP contribution in [-0.4, -0.2) is 0 Å². The van der Waals surface area contributed by atoms with Crippen molar-refractivity contribution in [3.05, 3.63) is 224 Å². The maximum atomic E-state index is 7.00. The van der Waals surface area contributed by atoms with Gasteiger partial charge in [0.15, 0.2) is 0 Å². The number of benzene rings is 11. The summed E-state index contributed by atoms with van der Waals surface area (Å²) in [5.41, 5.74) is 16.7. The molecule has 11 aromatic carbocycles. The van der Waals surface area contributed by atoms with Gasteiger partial charge in [-0.2, -0.15) is 0 Å².